The molecular formula is C24H32N2O. The van der Waals surface area contributed by atoms with Gasteiger partial charge >= 0.3 is 0 Å². The standard InChI is InChI=1S/C24H32N2O/c1-4-23(22-11-10-18(2)16-19(22)3)25-24(27)21-12-14-26(15-13-21)17-20-8-6-5-7-9-20/h5-11,16,21,23H,4,12-15,17H2,1-3H3,(H,25,27)/t23-/m0/s1. The summed E-state index contributed by atoms with van der Waals surface area (Å²) in [6.45, 7) is 9.36. The molecule has 1 aliphatic rings. The second-order valence-electron chi connectivity index (χ2n) is 7.87. The van der Waals surface area contributed by atoms with Gasteiger partial charge in [0.2, 0.25) is 5.91 Å². The lowest BCUT2D eigenvalue weighted by atomic mass is 9.93. The molecule has 1 amide bonds. The molecule has 144 valence electrons. The van der Waals surface area contributed by atoms with E-state index in [2.05, 4.69) is 79.5 Å². The molecule has 0 bridgehead atoms. The average Bonchev–Trinajstić information content (AvgIpc) is 2.68. The minimum absolute atomic E-state index is 0.112. The highest BCUT2D eigenvalue weighted by atomic mass is 16.1. The predicted molar refractivity (Wildman–Crippen MR) is 112 cm³/mol. The zero-order valence-corrected chi connectivity index (χ0v) is 16.9. The Kier molecular flexibility index (Phi) is 6.68. The number of hydrogen-bond donors (Lipinski definition) is 1. The number of nitrogens with zero attached hydrogens (tertiary/aromatic N) is 1. The van der Waals surface area contributed by atoms with Crippen molar-refractivity contribution in [2.24, 2.45) is 5.92 Å². The average molecular weight is 365 g/mol. The van der Waals surface area contributed by atoms with Crippen molar-refractivity contribution in [1.82, 2.24) is 10.2 Å². The minimum Gasteiger partial charge on any atom is -0.349 e. The molecule has 1 atom stereocenters. The van der Waals surface area contributed by atoms with Crippen molar-refractivity contribution in [3.8, 4) is 0 Å². The van der Waals surface area contributed by atoms with E-state index in [1.54, 1.807) is 0 Å². The van der Waals surface area contributed by atoms with Crippen LogP contribution in [0.2, 0.25) is 0 Å². The van der Waals surface area contributed by atoms with Crippen LogP contribution in [-0.2, 0) is 11.3 Å². The lowest BCUT2D eigenvalue weighted by molar-refractivity contribution is -0.127. The van der Waals surface area contributed by atoms with Crippen LogP contribution in [-0.4, -0.2) is 23.9 Å². The first-order valence-electron chi connectivity index (χ1n) is 10.2. The van der Waals surface area contributed by atoms with Crippen molar-refractivity contribution < 1.29 is 4.79 Å². The van der Waals surface area contributed by atoms with Gasteiger partial charge in [0.1, 0.15) is 0 Å². The highest BCUT2D eigenvalue weighted by Crippen LogP contribution is 2.24. The van der Waals surface area contributed by atoms with Gasteiger partial charge < -0.3 is 5.32 Å². The molecule has 2 aromatic carbocycles. The van der Waals surface area contributed by atoms with Crippen LogP contribution in [0.3, 0.4) is 0 Å². The summed E-state index contributed by atoms with van der Waals surface area (Å²) in [4.78, 5) is 15.3. The molecule has 3 heteroatoms. The van der Waals surface area contributed by atoms with Crippen LogP contribution in [0.4, 0.5) is 0 Å². The SMILES string of the molecule is CC[C@H](NC(=O)C1CCN(Cc2ccccc2)CC1)c1ccc(C)cc1C. The Bertz CT molecular complexity index is 748. The maximum atomic E-state index is 12.9. The highest BCUT2D eigenvalue weighted by molar-refractivity contribution is 5.79. The Morgan fingerprint density at radius 2 is 1.81 bits per heavy atom. The van der Waals surface area contributed by atoms with Crippen molar-refractivity contribution >= 4 is 5.91 Å². The van der Waals surface area contributed by atoms with Crippen molar-refractivity contribution in [3.63, 3.8) is 0 Å². The van der Waals surface area contributed by atoms with Crippen molar-refractivity contribution in [2.45, 2.75) is 52.6 Å². The Hall–Kier alpha value is -2.13. The van der Waals surface area contributed by atoms with Gasteiger partial charge in [0, 0.05) is 12.5 Å². The molecule has 0 saturated carbocycles. The van der Waals surface area contributed by atoms with E-state index in [-0.39, 0.29) is 17.9 Å². The molecule has 1 heterocycles. The molecule has 1 fully saturated rings. The van der Waals surface area contributed by atoms with Crippen LogP contribution in [0, 0.1) is 19.8 Å². The van der Waals surface area contributed by atoms with E-state index in [0.29, 0.717) is 0 Å². The summed E-state index contributed by atoms with van der Waals surface area (Å²) < 4.78 is 0. The van der Waals surface area contributed by atoms with Crippen molar-refractivity contribution in [3.05, 3.63) is 70.8 Å². The molecule has 0 aromatic heterocycles. The fourth-order valence-corrected chi connectivity index (χ4v) is 4.10. The van der Waals surface area contributed by atoms with Crippen LogP contribution < -0.4 is 5.32 Å². The molecule has 0 unspecified atom stereocenters. The van der Waals surface area contributed by atoms with Crippen LogP contribution in [0.1, 0.15) is 54.5 Å². The van der Waals surface area contributed by atoms with Crippen molar-refractivity contribution in [2.75, 3.05) is 13.1 Å². The van der Waals surface area contributed by atoms with E-state index in [9.17, 15) is 4.79 Å². The Morgan fingerprint density at radius 1 is 1.11 bits per heavy atom. The first-order valence-corrected chi connectivity index (χ1v) is 10.2. The molecule has 0 radical (unpaired) electrons. The van der Waals surface area contributed by atoms with E-state index >= 15 is 0 Å². The van der Waals surface area contributed by atoms with Gasteiger partial charge in [-0.2, -0.15) is 0 Å². The summed E-state index contributed by atoms with van der Waals surface area (Å²) >= 11 is 0. The van der Waals surface area contributed by atoms with E-state index in [4.69, 9.17) is 0 Å². The van der Waals surface area contributed by atoms with Gasteiger partial charge in [-0.1, -0.05) is 61.0 Å². The Labute approximate surface area is 163 Å². The third-order valence-corrected chi connectivity index (χ3v) is 5.73. The molecule has 1 N–H and O–H groups in total. The third kappa shape index (κ3) is 5.20. The lowest BCUT2D eigenvalue weighted by Gasteiger charge is -2.32. The number of carbonyl (C=O) groups is 1. The summed E-state index contributed by atoms with van der Waals surface area (Å²) in [6.07, 6.45) is 2.81. The maximum Gasteiger partial charge on any atom is 0.223 e. The Morgan fingerprint density at radius 3 is 2.44 bits per heavy atom. The van der Waals surface area contributed by atoms with Gasteiger partial charge in [0.05, 0.1) is 6.04 Å². The number of nitrogens with one attached hydrogen (secondary N) is 1. The normalized spacial score (nSPS) is 16.9. The molecule has 3 rings (SSSR count). The second-order valence-corrected chi connectivity index (χ2v) is 7.87. The maximum absolute atomic E-state index is 12.9. The molecular weight excluding hydrogens is 332 g/mol. The number of benzene rings is 2. The molecule has 0 spiro atoms. The van der Waals surface area contributed by atoms with E-state index < -0.39 is 0 Å². The quantitative estimate of drug-likeness (QED) is 0.800. The van der Waals surface area contributed by atoms with Gasteiger partial charge in [0.15, 0.2) is 0 Å². The number of piperidine rings is 1. The molecule has 3 nitrogen and oxygen atoms in total. The third-order valence-electron chi connectivity index (χ3n) is 5.73. The number of aryl methyl sites for hydroxylation is 2. The highest BCUT2D eigenvalue weighted by Gasteiger charge is 2.26. The minimum atomic E-state index is 0.112. The van der Waals surface area contributed by atoms with Gasteiger partial charge in [-0.3, -0.25) is 9.69 Å². The lowest BCUT2D eigenvalue weighted by Crippen LogP contribution is -2.41. The van der Waals surface area contributed by atoms with E-state index in [1.807, 2.05) is 0 Å². The molecule has 2 aromatic rings. The molecule has 1 aliphatic heterocycles. The largest absolute Gasteiger partial charge is 0.349 e. The molecule has 27 heavy (non-hydrogen) atoms. The summed E-state index contributed by atoms with van der Waals surface area (Å²) in [7, 11) is 0. The van der Waals surface area contributed by atoms with Gasteiger partial charge in [-0.25, -0.2) is 0 Å². The fourth-order valence-electron chi connectivity index (χ4n) is 4.10. The van der Waals surface area contributed by atoms with E-state index in [1.165, 1.54) is 22.3 Å². The van der Waals surface area contributed by atoms with Crippen molar-refractivity contribution in [1.29, 1.82) is 0 Å². The fraction of sp³-hybridized carbons (Fsp3) is 0.458. The number of rotatable bonds is 6. The van der Waals surface area contributed by atoms with Crippen LogP contribution >= 0.6 is 0 Å². The van der Waals surface area contributed by atoms with E-state index in [0.717, 1.165) is 38.9 Å². The monoisotopic (exact) mass is 364 g/mol. The summed E-state index contributed by atoms with van der Waals surface area (Å²) in [5, 5.41) is 3.32. The number of likely N-dealkylation sites (tertiary alicyclic amines) is 1. The smallest absolute Gasteiger partial charge is 0.223 e. The zero-order valence-electron chi connectivity index (χ0n) is 16.9. The summed E-state index contributed by atoms with van der Waals surface area (Å²) in [6, 6.07) is 17.2. The van der Waals surface area contributed by atoms with Crippen LogP contribution in [0.5, 0.6) is 0 Å². The topological polar surface area (TPSA) is 32.3 Å². The van der Waals surface area contributed by atoms with Gasteiger partial charge in [0.25, 0.3) is 0 Å². The zero-order chi connectivity index (χ0) is 19.2. The summed E-state index contributed by atoms with van der Waals surface area (Å²) in [5.41, 5.74) is 5.13. The predicted octanol–water partition coefficient (Wildman–Crippen LogP) is 4.78. The number of hydrogen-bond acceptors (Lipinski definition) is 2. The van der Waals surface area contributed by atoms with Gasteiger partial charge in [-0.05, 0) is 62.9 Å². The Balaban J connectivity index is 1.54. The van der Waals surface area contributed by atoms with Crippen LogP contribution in [0.25, 0.3) is 0 Å². The first-order chi connectivity index (χ1) is 13.1. The van der Waals surface area contributed by atoms with Crippen LogP contribution in [0.15, 0.2) is 48.5 Å². The van der Waals surface area contributed by atoms with Gasteiger partial charge in [-0.15, -0.1) is 0 Å². The number of amides is 1. The molecule has 0 aliphatic carbocycles. The second kappa shape index (κ2) is 9.18. The molecule has 1 saturated heterocycles. The first kappa shape index (κ1) is 19.6. The number of carbonyl (C=O) groups excluding carboxylic acids is 1. The summed E-state index contributed by atoms with van der Waals surface area (Å²) in [5.74, 6) is 0.359.